The number of allylic oxidation sites excluding steroid dienone is 1. The monoisotopic (exact) mass is 270 g/mol. The number of fused-ring (bicyclic) bond motifs is 1. The van der Waals surface area contributed by atoms with Crippen LogP contribution >= 0.6 is 0 Å². The fourth-order valence-corrected chi connectivity index (χ4v) is 2.84. The Morgan fingerprint density at radius 1 is 1.40 bits per heavy atom. The average Bonchev–Trinajstić information content (AvgIpc) is 2.62. The molecule has 20 heavy (non-hydrogen) atoms. The molecule has 0 N–H and O–H groups in total. The van der Waals surface area contributed by atoms with Gasteiger partial charge in [0.25, 0.3) is 0 Å². The van der Waals surface area contributed by atoms with E-state index in [0.29, 0.717) is 5.70 Å². The van der Waals surface area contributed by atoms with Gasteiger partial charge in [0.05, 0.1) is 12.3 Å². The molecule has 1 aromatic carbocycles. The van der Waals surface area contributed by atoms with E-state index in [9.17, 15) is 10.1 Å². The van der Waals surface area contributed by atoms with Crippen molar-refractivity contribution < 1.29 is 9.53 Å². The van der Waals surface area contributed by atoms with Crippen LogP contribution in [0.5, 0.6) is 0 Å². The lowest BCUT2D eigenvalue weighted by Crippen LogP contribution is -2.27. The molecule has 0 amide bonds. The summed E-state index contributed by atoms with van der Waals surface area (Å²) in [4.78, 5) is 13.9. The Bertz CT molecular complexity index is 624. The molecule has 0 aliphatic carbocycles. The molecule has 1 aliphatic rings. The molecule has 0 unspecified atom stereocenters. The molecule has 4 heteroatoms. The Hall–Kier alpha value is -2.28. The highest BCUT2D eigenvalue weighted by Crippen LogP contribution is 2.47. The van der Waals surface area contributed by atoms with E-state index in [4.69, 9.17) is 4.74 Å². The first-order chi connectivity index (χ1) is 9.45. The Kier molecular flexibility index (Phi) is 3.54. The third-order valence-corrected chi connectivity index (χ3v) is 3.69. The Labute approximate surface area is 119 Å². The zero-order valence-electron chi connectivity index (χ0n) is 12.2. The van der Waals surface area contributed by atoms with Gasteiger partial charge in [-0.3, -0.25) is 0 Å². The third-order valence-electron chi connectivity index (χ3n) is 3.69. The molecule has 0 bridgehead atoms. The number of carbonyl (C=O) groups excluding carboxylic acids is 1. The van der Waals surface area contributed by atoms with Crippen LogP contribution in [0.3, 0.4) is 0 Å². The molecular weight excluding hydrogens is 252 g/mol. The number of nitriles is 1. The smallest absolute Gasteiger partial charge is 0.350 e. The maximum Gasteiger partial charge on any atom is 0.350 e. The molecule has 104 valence electrons. The molecule has 0 fully saturated rings. The molecule has 4 nitrogen and oxygen atoms in total. The second kappa shape index (κ2) is 5.01. The van der Waals surface area contributed by atoms with Gasteiger partial charge in [-0.25, -0.2) is 4.79 Å². The summed E-state index contributed by atoms with van der Waals surface area (Å²) >= 11 is 0. The standard InChI is InChI=1S/C16H18N2O2/c1-5-20-15(19)11(10-17)14-16(2,3)12-8-6-7-9-13(12)18(14)4/h6-9H,5H2,1-4H3/b14-11+. The maximum atomic E-state index is 12.0. The van der Waals surface area contributed by atoms with Crippen molar-refractivity contribution in [2.75, 3.05) is 18.6 Å². The van der Waals surface area contributed by atoms with Crippen LogP contribution in [-0.4, -0.2) is 19.6 Å². The Morgan fingerprint density at radius 3 is 2.60 bits per heavy atom. The number of benzene rings is 1. The van der Waals surface area contributed by atoms with Crippen LogP contribution < -0.4 is 4.90 Å². The summed E-state index contributed by atoms with van der Waals surface area (Å²) in [6.45, 7) is 6.02. The van der Waals surface area contributed by atoms with Crippen LogP contribution in [0.25, 0.3) is 0 Å². The zero-order chi connectivity index (χ0) is 14.9. The highest BCUT2D eigenvalue weighted by atomic mass is 16.5. The summed E-state index contributed by atoms with van der Waals surface area (Å²) < 4.78 is 5.00. The lowest BCUT2D eigenvalue weighted by molar-refractivity contribution is -0.138. The molecule has 2 rings (SSSR count). The van der Waals surface area contributed by atoms with Gasteiger partial charge in [0.15, 0.2) is 5.57 Å². The Morgan fingerprint density at radius 2 is 2.05 bits per heavy atom. The van der Waals surface area contributed by atoms with E-state index in [0.717, 1.165) is 11.3 Å². The fourth-order valence-electron chi connectivity index (χ4n) is 2.84. The normalized spacial score (nSPS) is 18.2. The topological polar surface area (TPSA) is 53.3 Å². The van der Waals surface area contributed by atoms with E-state index in [1.54, 1.807) is 6.92 Å². The number of likely N-dealkylation sites (N-methyl/N-ethyl adjacent to an activating group) is 1. The Balaban J connectivity index is 2.65. The van der Waals surface area contributed by atoms with Gasteiger partial charge in [0.1, 0.15) is 6.07 Å². The van der Waals surface area contributed by atoms with E-state index in [2.05, 4.69) is 0 Å². The van der Waals surface area contributed by atoms with Crippen molar-refractivity contribution in [3.63, 3.8) is 0 Å². The molecule has 0 radical (unpaired) electrons. The first-order valence-corrected chi connectivity index (χ1v) is 6.60. The van der Waals surface area contributed by atoms with Crippen molar-refractivity contribution in [1.82, 2.24) is 0 Å². The SMILES string of the molecule is CCOC(=O)/C(C#N)=C1/N(C)c2ccccc2C1(C)C. The van der Waals surface area contributed by atoms with Gasteiger partial charge < -0.3 is 9.64 Å². The number of ether oxygens (including phenoxy) is 1. The second-order valence-electron chi connectivity index (χ2n) is 5.26. The van der Waals surface area contributed by atoms with E-state index in [-0.39, 0.29) is 12.2 Å². The van der Waals surface area contributed by atoms with Crippen LogP contribution in [-0.2, 0) is 14.9 Å². The van der Waals surface area contributed by atoms with Crippen molar-refractivity contribution in [3.05, 3.63) is 41.1 Å². The van der Waals surface area contributed by atoms with Crippen molar-refractivity contribution >= 4 is 11.7 Å². The molecule has 1 heterocycles. The first kappa shape index (κ1) is 14.1. The predicted molar refractivity (Wildman–Crippen MR) is 77.1 cm³/mol. The van der Waals surface area contributed by atoms with Gasteiger partial charge in [-0.1, -0.05) is 32.0 Å². The van der Waals surface area contributed by atoms with Gasteiger partial charge in [-0.2, -0.15) is 5.26 Å². The highest BCUT2D eigenvalue weighted by Gasteiger charge is 2.42. The number of esters is 1. The second-order valence-corrected chi connectivity index (χ2v) is 5.26. The van der Waals surface area contributed by atoms with Gasteiger partial charge in [0, 0.05) is 18.2 Å². The van der Waals surface area contributed by atoms with E-state index < -0.39 is 11.4 Å². The molecule has 0 atom stereocenters. The van der Waals surface area contributed by atoms with Gasteiger partial charge >= 0.3 is 5.97 Å². The number of rotatable bonds is 2. The number of hydrogen-bond donors (Lipinski definition) is 0. The van der Waals surface area contributed by atoms with Crippen molar-refractivity contribution in [2.24, 2.45) is 0 Å². The molecule has 0 saturated carbocycles. The molecule has 1 aliphatic heterocycles. The predicted octanol–water partition coefficient (Wildman–Crippen LogP) is 2.75. The van der Waals surface area contributed by atoms with E-state index >= 15 is 0 Å². The molecular formula is C16H18N2O2. The minimum atomic E-state index is -0.558. The maximum absolute atomic E-state index is 12.0. The summed E-state index contributed by atoms with van der Waals surface area (Å²) in [6, 6.07) is 9.95. The van der Waals surface area contributed by atoms with Crippen molar-refractivity contribution in [1.29, 1.82) is 5.26 Å². The largest absolute Gasteiger partial charge is 0.462 e. The van der Waals surface area contributed by atoms with Gasteiger partial charge in [-0.05, 0) is 18.6 Å². The van der Waals surface area contributed by atoms with E-state index in [1.165, 1.54) is 0 Å². The summed E-state index contributed by atoms with van der Waals surface area (Å²) in [5.74, 6) is -0.558. The summed E-state index contributed by atoms with van der Waals surface area (Å²) in [5.41, 5.74) is 2.50. The van der Waals surface area contributed by atoms with Crippen LogP contribution in [0.4, 0.5) is 5.69 Å². The molecule has 0 spiro atoms. The number of anilines is 1. The lowest BCUT2D eigenvalue weighted by Gasteiger charge is -2.25. The van der Waals surface area contributed by atoms with Gasteiger partial charge in [-0.15, -0.1) is 0 Å². The highest BCUT2D eigenvalue weighted by molar-refractivity contribution is 5.96. The molecule has 0 saturated heterocycles. The number of para-hydroxylation sites is 1. The van der Waals surface area contributed by atoms with Gasteiger partial charge in [0.2, 0.25) is 0 Å². The fraction of sp³-hybridized carbons (Fsp3) is 0.375. The number of nitrogens with zero attached hydrogens (tertiary/aromatic N) is 2. The minimum absolute atomic E-state index is 0.0792. The summed E-state index contributed by atoms with van der Waals surface area (Å²) in [5, 5.41) is 9.38. The summed E-state index contributed by atoms with van der Waals surface area (Å²) in [6.07, 6.45) is 0. The van der Waals surface area contributed by atoms with Crippen LogP contribution in [0, 0.1) is 11.3 Å². The molecule has 1 aromatic rings. The van der Waals surface area contributed by atoms with Crippen LogP contribution in [0.2, 0.25) is 0 Å². The van der Waals surface area contributed by atoms with Crippen LogP contribution in [0.1, 0.15) is 26.3 Å². The van der Waals surface area contributed by atoms with Crippen molar-refractivity contribution in [2.45, 2.75) is 26.2 Å². The van der Waals surface area contributed by atoms with Crippen LogP contribution in [0.15, 0.2) is 35.5 Å². The number of hydrogen-bond acceptors (Lipinski definition) is 4. The average molecular weight is 270 g/mol. The first-order valence-electron chi connectivity index (χ1n) is 6.60. The van der Waals surface area contributed by atoms with E-state index in [1.807, 2.05) is 56.1 Å². The molecule has 0 aromatic heterocycles. The zero-order valence-corrected chi connectivity index (χ0v) is 12.2. The minimum Gasteiger partial charge on any atom is -0.462 e. The lowest BCUT2D eigenvalue weighted by atomic mass is 9.82. The quantitative estimate of drug-likeness (QED) is 0.471. The van der Waals surface area contributed by atoms with Crippen molar-refractivity contribution in [3.8, 4) is 6.07 Å². The number of carbonyl (C=O) groups is 1. The third kappa shape index (κ3) is 1.96. The summed E-state index contributed by atoms with van der Waals surface area (Å²) in [7, 11) is 1.87.